The van der Waals surface area contributed by atoms with E-state index in [0.29, 0.717) is 21.0 Å². The first kappa shape index (κ1) is 30.7. The van der Waals surface area contributed by atoms with Crippen LogP contribution in [0, 0.1) is 0 Å². The van der Waals surface area contributed by atoms with Crippen LogP contribution in [-0.4, -0.2) is 50.0 Å². The summed E-state index contributed by atoms with van der Waals surface area (Å²) in [6, 6.07) is 9.50. The fourth-order valence-corrected chi connectivity index (χ4v) is 5.67. The van der Waals surface area contributed by atoms with Crippen molar-refractivity contribution >= 4 is 39.1 Å². The molecule has 1 atom stereocenters. The summed E-state index contributed by atoms with van der Waals surface area (Å²) in [6.07, 6.45) is 1.13. The van der Waals surface area contributed by atoms with Gasteiger partial charge in [-0.15, -0.1) is 0 Å². The Morgan fingerprint density at radius 2 is 1.72 bits per heavy atom. The van der Waals surface area contributed by atoms with Gasteiger partial charge in [0, 0.05) is 17.6 Å². The van der Waals surface area contributed by atoms with E-state index in [2.05, 4.69) is 5.32 Å². The highest BCUT2D eigenvalue weighted by Crippen LogP contribution is 2.32. The Hall–Kier alpha value is -2.79. The molecule has 1 aliphatic rings. The second kappa shape index (κ2) is 13.0. The highest BCUT2D eigenvalue weighted by atomic mass is 35.5. The van der Waals surface area contributed by atoms with E-state index in [4.69, 9.17) is 11.6 Å². The SMILES string of the molecule is CC[C@H](C(=O)NC1CCCCC1)N(Cc1ccc(Cl)cc1)C(=O)CN(c1cccc(C(F)(F)F)c1)S(C)(=O)=O. The van der Waals surface area contributed by atoms with Crippen molar-refractivity contribution in [3.63, 3.8) is 0 Å². The van der Waals surface area contributed by atoms with Crippen LogP contribution in [0.3, 0.4) is 0 Å². The molecule has 0 saturated heterocycles. The summed E-state index contributed by atoms with van der Waals surface area (Å²) in [6.45, 7) is 0.947. The third kappa shape index (κ3) is 8.60. The Labute approximate surface area is 232 Å². The smallest absolute Gasteiger partial charge is 0.352 e. The Balaban J connectivity index is 1.94. The van der Waals surface area contributed by atoms with Gasteiger partial charge < -0.3 is 10.2 Å². The van der Waals surface area contributed by atoms with Crippen LogP contribution in [0.25, 0.3) is 0 Å². The van der Waals surface area contributed by atoms with E-state index in [9.17, 15) is 31.2 Å². The zero-order valence-electron chi connectivity index (χ0n) is 21.9. The van der Waals surface area contributed by atoms with Crippen molar-refractivity contribution in [1.29, 1.82) is 0 Å². The van der Waals surface area contributed by atoms with E-state index < -0.39 is 40.3 Å². The number of benzene rings is 2. The van der Waals surface area contributed by atoms with Crippen LogP contribution >= 0.6 is 11.6 Å². The molecule has 0 spiro atoms. The average Bonchev–Trinajstić information content (AvgIpc) is 2.87. The second-order valence-electron chi connectivity index (χ2n) is 9.73. The quantitative estimate of drug-likeness (QED) is 0.404. The number of rotatable bonds is 10. The van der Waals surface area contributed by atoms with Gasteiger partial charge in [-0.25, -0.2) is 8.42 Å². The zero-order valence-corrected chi connectivity index (χ0v) is 23.5. The number of nitrogens with zero attached hydrogens (tertiary/aromatic N) is 2. The van der Waals surface area contributed by atoms with Crippen LogP contribution in [0.2, 0.25) is 5.02 Å². The topological polar surface area (TPSA) is 86.8 Å². The van der Waals surface area contributed by atoms with Gasteiger partial charge in [-0.2, -0.15) is 13.2 Å². The van der Waals surface area contributed by atoms with E-state index in [1.807, 2.05) is 0 Å². The summed E-state index contributed by atoms with van der Waals surface area (Å²) in [4.78, 5) is 28.4. The molecule has 0 unspecified atom stereocenters. The first-order chi connectivity index (χ1) is 18.3. The van der Waals surface area contributed by atoms with Crippen LogP contribution in [0.4, 0.5) is 18.9 Å². The molecule has 214 valence electrons. The van der Waals surface area contributed by atoms with E-state index >= 15 is 0 Å². The van der Waals surface area contributed by atoms with Gasteiger partial charge in [0.2, 0.25) is 21.8 Å². The standard InChI is InChI=1S/C27H33ClF3N3O4S/c1-3-24(26(36)32-22-9-5-4-6-10-22)33(17-19-12-14-21(28)15-13-19)25(35)18-34(39(2,37)38)23-11-7-8-20(16-23)27(29,30)31/h7-8,11-16,22,24H,3-6,9-10,17-18H2,1-2H3,(H,32,36)/t24-/m1/s1. The van der Waals surface area contributed by atoms with Crippen LogP contribution in [0.15, 0.2) is 48.5 Å². The molecule has 0 aliphatic heterocycles. The Bertz CT molecular complexity index is 1250. The maximum Gasteiger partial charge on any atom is 0.416 e. The molecule has 1 fully saturated rings. The molecule has 2 aromatic rings. The van der Waals surface area contributed by atoms with Crippen LogP contribution in [0.1, 0.15) is 56.6 Å². The summed E-state index contributed by atoms with van der Waals surface area (Å²) >= 11 is 5.99. The Kier molecular flexibility index (Phi) is 10.3. The Morgan fingerprint density at radius 1 is 1.08 bits per heavy atom. The third-order valence-corrected chi connectivity index (χ3v) is 8.14. The highest BCUT2D eigenvalue weighted by Gasteiger charge is 2.34. The van der Waals surface area contributed by atoms with Crippen molar-refractivity contribution in [1.82, 2.24) is 10.2 Å². The lowest BCUT2D eigenvalue weighted by molar-refractivity contribution is -0.140. The molecule has 39 heavy (non-hydrogen) atoms. The van der Waals surface area contributed by atoms with E-state index in [1.54, 1.807) is 31.2 Å². The van der Waals surface area contributed by atoms with Gasteiger partial charge in [-0.1, -0.05) is 56.0 Å². The fourth-order valence-electron chi connectivity index (χ4n) is 4.70. The summed E-state index contributed by atoms with van der Waals surface area (Å²) in [5.74, 6) is -1.07. The number of anilines is 1. The molecule has 2 aromatic carbocycles. The minimum absolute atomic E-state index is 0.00888. The molecule has 2 amide bonds. The minimum Gasteiger partial charge on any atom is -0.352 e. The van der Waals surface area contributed by atoms with Crippen LogP contribution in [0.5, 0.6) is 0 Å². The van der Waals surface area contributed by atoms with Gasteiger partial charge in [0.1, 0.15) is 12.6 Å². The number of halogens is 4. The first-order valence-corrected chi connectivity index (χ1v) is 15.0. The first-order valence-electron chi connectivity index (χ1n) is 12.8. The number of nitrogens with one attached hydrogen (secondary N) is 1. The number of alkyl halides is 3. The highest BCUT2D eigenvalue weighted by molar-refractivity contribution is 7.92. The Morgan fingerprint density at radius 3 is 2.28 bits per heavy atom. The number of sulfonamides is 1. The lowest BCUT2D eigenvalue weighted by Gasteiger charge is -2.34. The molecular formula is C27H33ClF3N3O4S. The van der Waals surface area contributed by atoms with Crippen molar-refractivity contribution in [2.24, 2.45) is 0 Å². The van der Waals surface area contributed by atoms with Gasteiger partial charge >= 0.3 is 6.18 Å². The predicted molar refractivity (Wildman–Crippen MR) is 145 cm³/mol. The van der Waals surface area contributed by atoms with Crippen LogP contribution in [-0.2, 0) is 32.3 Å². The summed E-state index contributed by atoms with van der Waals surface area (Å²) in [5, 5.41) is 3.51. The van der Waals surface area contributed by atoms with Crippen LogP contribution < -0.4 is 9.62 Å². The van der Waals surface area contributed by atoms with Crippen molar-refractivity contribution in [2.45, 2.75) is 70.3 Å². The van der Waals surface area contributed by atoms with Crippen molar-refractivity contribution in [2.75, 3.05) is 17.1 Å². The zero-order chi connectivity index (χ0) is 28.8. The molecule has 1 N–H and O–H groups in total. The summed E-state index contributed by atoms with van der Waals surface area (Å²) in [5.41, 5.74) is -0.689. The van der Waals surface area contributed by atoms with E-state index in [-0.39, 0.29) is 30.6 Å². The van der Waals surface area contributed by atoms with Gasteiger partial charge in [-0.3, -0.25) is 13.9 Å². The lowest BCUT2D eigenvalue weighted by Crippen LogP contribution is -2.53. The molecule has 1 aliphatic carbocycles. The second-order valence-corrected chi connectivity index (χ2v) is 12.1. The number of hydrogen-bond acceptors (Lipinski definition) is 4. The normalized spacial score (nSPS) is 15.4. The summed E-state index contributed by atoms with van der Waals surface area (Å²) < 4.78 is 65.9. The number of carbonyl (C=O) groups excluding carboxylic acids is 2. The van der Waals surface area contributed by atoms with Gasteiger partial charge in [0.25, 0.3) is 0 Å². The predicted octanol–water partition coefficient (Wildman–Crippen LogP) is 5.38. The van der Waals surface area contributed by atoms with Gasteiger partial charge in [0.15, 0.2) is 0 Å². The summed E-state index contributed by atoms with van der Waals surface area (Å²) in [7, 11) is -4.16. The number of carbonyl (C=O) groups is 2. The maximum atomic E-state index is 13.7. The molecular weight excluding hydrogens is 555 g/mol. The largest absolute Gasteiger partial charge is 0.416 e. The third-order valence-electron chi connectivity index (χ3n) is 6.74. The van der Waals surface area contributed by atoms with Gasteiger partial charge in [-0.05, 0) is 55.2 Å². The average molecular weight is 588 g/mol. The monoisotopic (exact) mass is 587 g/mol. The fraction of sp³-hybridized carbons (Fsp3) is 0.481. The molecule has 7 nitrogen and oxygen atoms in total. The molecule has 3 rings (SSSR count). The van der Waals surface area contributed by atoms with Crippen molar-refractivity contribution in [3.8, 4) is 0 Å². The van der Waals surface area contributed by atoms with Crippen molar-refractivity contribution < 1.29 is 31.2 Å². The number of hydrogen-bond donors (Lipinski definition) is 1. The molecule has 0 radical (unpaired) electrons. The number of amides is 2. The van der Waals surface area contributed by atoms with Gasteiger partial charge in [0.05, 0.1) is 17.5 Å². The maximum absolute atomic E-state index is 13.7. The molecule has 0 aromatic heterocycles. The molecule has 0 heterocycles. The van der Waals surface area contributed by atoms with Crippen molar-refractivity contribution in [3.05, 3.63) is 64.7 Å². The molecule has 1 saturated carbocycles. The van der Waals surface area contributed by atoms with E-state index in [0.717, 1.165) is 50.5 Å². The minimum atomic E-state index is -4.70. The lowest BCUT2D eigenvalue weighted by atomic mass is 9.95. The van der Waals surface area contributed by atoms with E-state index in [1.165, 1.54) is 11.0 Å². The molecule has 12 heteroatoms. The molecule has 0 bridgehead atoms.